The van der Waals surface area contributed by atoms with E-state index < -0.39 is 0 Å². The Morgan fingerprint density at radius 1 is 0.431 bits per heavy atom. The number of ether oxygens (including phenoxy) is 1. The minimum Gasteiger partial charge on any atom is -0.493 e. The van der Waals surface area contributed by atoms with Crippen molar-refractivity contribution in [3.05, 3.63) is 29.3 Å². The highest BCUT2D eigenvalue weighted by atomic mass is 16.5. The average Bonchev–Trinajstić information content (AvgIpc) is 3.14. The number of carbonyl (C=O) groups excluding carboxylic acids is 2. The summed E-state index contributed by atoms with van der Waals surface area (Å²) in [4.78, 5) is 26.2. The minimum absolute atomic E-state index is 0.0858. The van der Waals surface area contributed by atoms with E-state index in [1.165, 1.54) is 167 Å². The predicted molar refractivity (Wildman–Crippen MR) is 221 cm³/mol. The number of rotatable bonds is 38. The number of hydrogen-bond acceptors (Lipinski definition) is 3. The molecule has 0 heterocycles. The van der Waals surface area contributed by atoms with Gasteiger partial charge in [-0.2, -0.15) is 0 Å². The summed E-state index contributed by atoms with van der Waals surface area (Å²) in [6.07, 6.45) is 41.3. The molecular formula is C46H84N2O3. The molecule has 296 valence electrons. The molecule has 0 aromatic heterocycles. The Morgan fingerprint density at radius 3 is 1.16 bits per heavy atom. The zero-order valence-electron chi connectivity index (χ0n) is 34.2. The van der Waals surface area contributed by atoms with Gasteiger partial charge >= 0.3 is 0 Å². The number of benzene rings is 1. The van der Waals surface area contributed by atoms with Crippen LogP contribution in [0, 0.1) is 0 Å². The van der Waals surface area contributed by atoms with E-state index >= 15 is 0 Å². The largest absolute Gasteiger partial charge is 0.493 e. The normalized spacial score (nSPS) is 11.2. The fourth-order valence-corrected chi connectivity index (χ4v) is 6.92. The summed E-state index contributed by atoms with van der Waals surface area (Å²) >= 11 is 0. The Balaban J connectivity index is 2.37. The Bertz CT molecular complexity index is 933. The summed E-state index contributed by atoms with van der Waals surface area (Å²) in [6, 6.07) is 5.32. The van der Waals surface area contributed by atoms with Crippen LogP contribution in [-0.4, -0.2) is 31.5 Å². The van der Waals surface area contributed by atoms with Gasteiger partial charge in [0.25, 0.3) is 11.8 Å². The molecule has 51 heavy (non-hydrogen) atoms. The van der Waals surface area contributed by atoms with E-state index in [1.54, 1.807) is 18.2 Å². The minimum atomic E-state index is -0.106. The van der Waals surface area contributed by atoms with Crippen molar-refractivity contribution in [1.82, 2.24) is 10.6 Å². The molecule has 2 amide bonds. The molecule has 0 unspecified atom stereocenters. The topological polar surface area (TPSA) is 67.4 Å². The zero-order chi connectivity index (χ0) is 36.9. The highest BCUT2D eigenvalue weighted by Gasteiger charge is 2.16. The molecule has 0 aliphatic rings. The van der Waals surface area contributed by atoms with Crippen molar-refractivity contribution in [1.29, 1.82) is 0 Å². The maximum Gasteiger partial charge on any atom is 0.255 e. The Morgan fingerprint density at radius 2 is 0.765 bits per heavy atom. The van der Waals surface area contributed by atoms with Crippen LogP contribution in [0.3, 0.4) is 0 Å². The summed E-state index contributed by atoms with van der Waals surface area (Å²) in [6.45, 7) is 8.71. The zero-order valence-corrected chi connectivity index (χ0v) is 34.2. The maximum atomic E-state index is 13.2. The molecule has 0 saturated heterocycles. The van der Waals surface area contributed by atoms with Crippen molar-refractivity contribution >= 4 is 11.8 Å². The van der Waals surface area contributed by atoms with Crippen LogP contribution in [0.5, 0.6) is 5.75 Å². The van der Waals surface area contributed by atoms with Crippen molar-refractivity contribution in [3.8, 4) is 5.75 Å². The highest BCUT2D eigenvalue weighted by molar-refractivity contribution is 6.00. The predicted octanol–water partition coefficient (Wildman–Crippen LogP) is 14.1. The lowest BCUT2D eigenvalue weighted by molar-refractivity contribution is 0.0937. The molecule has 0 atom stereocenters. The molecule has 5 heteroatoms. The monoisotopic (exact) mass is 713 g/mol. The molecule has 2 N–H and O–H groups in total. The van der Waals surface area contributed by atoms with Gasteiger partial charge < -0.3 is 15.4 Å². The first-order valence-electron chi connectivity index (χ1n) is 22.5. The quantitative estimate of drug-likeness (QED) is 0.0671. The van der Waals surface area contributed by atoms with E-state index in [9.17, 15) is 9.59 Å². The molecule has 0 aliphatic heterocycles. The van der Waals surface area contributed by atoms with Gasteiger partial charge in [0.2, 0.25) is 0 Å². The van der Waals surface area contributed by atoms with Crippen molar-refractivity contribution in [3.63, 3.8) is 0 Å². The molecule has 5 nitrogen and oxygen atoms in total. The van der Waals surface area contributed by atoms with Gasteiger partial charge in [0.15, 0.2) is 0 Å². The number of hydrogen-bond donors (Lipinski definition) is 2. The maximum absolute atomic E-state index is 13.2. The summed E-state index contributed by atoms with van der Waals surface area (Å²) in [5.74, 6) is 0.336. The van der Waals surface area contributed by atoms with Gasteiger partial charge in [0, 0.05) is 18.7 Å². The molecule has 0 radical (unpaired) electrons. The lowest BCUT2D eigenvalue weighted by Gasteiger charge is -2.14. The molecule has 0 aliphatic carbocycles. The second-order valence-electron chi connectivity index (χ2n) is 15.3. The molecule has 0 saturated carbocycles. The molecule has 1 aromatic carbocycles. The van der Waals surface area contributed by atoms with Crippen LogP contribution >= 0.6 is 0 Å². The molecule has 1 aromatic rings. The van der Waals surface area contributed by atoms with Crippen LogP contribution in [0.15, 0.2) is 18.2 Å². The molecule has 1 rings (SSSR count). The van der Waals surface area contributed by atoms with Gasteiger partial charge in [-0.3, -0.25) is 9.59 Å². The van der Waals surface area contributed by atoms with Crippen molar-refractivity contribution in [2.45, 2.75) is 226 Å². The number of carbonyl (C=O) groups is 2. The number of unbranched alkanes of at least 4 members (excludes halogenated alkanes) is 29. The third-order valence-electron chi connectivity index (χ3n) is 10.4. The van der Waals surface area contributed by atoms with E-state index in [0.29, 0.717) is 36.6 Å². The first kappa shape index (κ1) is 47.0. The van der Waals surface area contributed by atoms with Crippen LogP contribution in [0.1, 0.15) is 247 Å². The molecule has 0 fully saturated rings. The van der Waals surface area contributed by atoms with Crippen LogP contribution in [0.2, 0.25) is 0 Å². The summed E-state index contributed by atoms with van der Waals surface area (Å²) < 4.78 is 6.17. The summed E-state index contributed by atoms with van der Waals surface area (Å²) in [7, 11) is 0. The van der Waals surface area contributed by atoms with Gasteiger partial charge in [0.1, 0.15) is 5.75 Å². The smallest absolute Gasteiger partial charge is 0.255 e. The fourth-order valence-electron chi connectivity index (χ4n) is 6.92. The van der Waals surface area contributed by atoms with Gasteiger partial charge in [-0.05, 0) is 37.5 Å². The Labute approximate surface area is 317 Å². The summed E-state index contributed by atoms with van der Waals surface area (Å²) in [5.41, 5.74) is 1.10. The molecule has 0 spiro atoms. The van der Waals surface area contributed by atoms with Crippen LogP contribution in [0.25, 0.3) is 0 Å². The fraction of sp³-hybridized carbons (Fsp3) is 0.826. The lowest BCUT2D eigenvalue weighted by atomic mass is 10.0. The Kier molecular flexibility index (Phi) is 33.5. The second-order valence-corrected chi connectivity index (χ2v) is 15.3. The van der Waals surface area contributed by atoms with Crippen molar-refractivity contribution in [2.75, 3.05) is 19.7 Å². The van der Waals surface area contributed by atoms with Crippen LogP contribution < -0.4 is 15.4 Å². The number of nitrogens with one attached hydrogen (secondary N) is 2. The van der Waals surface area contributed by atoms with E-state index in [4.69, 9.17) is 4.74 Å². The van der Waals surface area contributed by atoms with Crippen molar-refractivity contribution in [2.24, 2.45) is 0 Å². The van der Waals surface area contributed by atoms with E-state index in [0.717, 1.165) is 38.5 Å². The first-order valence-corrected chi connectivity index (χ1v) is 22.5. The Hall–Kier alpha value is -2.04. The first-order chi connectivity index (χ1) is 25.1. The molecule has 0 bridgehead atoms. The third-order valence-corrected chi connectivity index (χ3v) is 10.4. The number of amides is 2. The van der Waals surface area contributed by atoms with Crippen molar-refractivity contribution < 1.29 is 14.3 Å². The SMILES string of the molecule is CCCCCCCCCCCCCCCNC(=O)c1ccc(C(=O)NCCCCCCCCCCCCCCC)c(OCCCCCCCC)c1. The van der Waals surface area contributed by atoms with Crippen LogP contribution in [0.4, 0.5) is 0 Å². The highest BCUT2D eigenvalue weighted by Crippen LogP contribution is 2.22. The van der Waals surface area contributed by atoms with Gasteiger partial charge in [-0.15, -0.1) is 0 Å². The second kappa shape index (κ2) is 36.3. The standard InChI is InChI=1S/C46H84N2O3/c1-4-7-10-13-16-18-20-22-24-26-28-30-33-38-47-45(49)42-36-37-43(44(41-42)51-40-35-32-15-12-9-6-3)46(50)48-39-34-31-29-27-25-23-21-19-17-14-11-8-5-2/h36-37,41H,4-35,38-40H2,1-3H3,(H,47,49)(H,48,50). The van der Waals surface area contributed by atoms with Gasteiger partial charge in [-0.25, -0.2) is 0 Å². The van der Waals surface area contributed by atoms with E-state index in [1.807, 2.05) is 0 Å². The third kappa shape index (κ3) is 28.2. The van der Waals surface area contributed by atoms with E-state index in [2.05, 4.69) is 31.4 Å². The van der Waals surface area contributed by atoms with Gasteiger partial charge in [0.05, 0.1) is 12.2 Å². The average molecular weight is 713 g/mol. The lowest BCUT2D eigenvalue weighted by Crippen LogP contribution is -2.26. The molecular weight excluding hydrogens is 629 g/mol. The van der Waals surface area contributed by atoms with Gasteiger partial charge in [-0.1, -0.05) is 207 Å². The van der Waals surface area contributed by atoms with Crippen LogP contribution in [-0.2, 0) is 0 Å². The van der Waals surface area contributed by atoms with E-state index in [-0.39, 0.29) is 11.8 Å². The summed E-state index contributed by atoms with van der Waals surface area (Å²) in [5, 5.41) is 6.21.